The molecule has 0 fully saturated rings. The zero-order valence-electron chi connectivity index (χ0n) is 9.77. The van der Waals surface area contributed by atoms with Crippen LogP contribution in [0.4, 0.5) is 8.78 Å². The molecule has 0 bridgehead atoms. The number of hydrogen-bond acceptors (Lipinski definition) is 4. The number of nitrogens with zero attached hydrogens (tertiary/aromatic N) is 3. The minimum Gasteiger partial charge on any atom is -0.271 e. The average molecular weight is 253 g/mol. The quantitative estimate of drug-likeness (QED) is 0.626. The maximum Gasteiger partial charge on any atom is 0.126 e. The highest BCUT2D eigenvalue weighted by atomic mass is 19.1. The first kappa shape index (κ1) is 12.6. The zero-order valence-corrected chi connectivity index (χ0v) is 9.77. The summed E-state index contributed by atoms with van der Waals surface area (Å²) >= 11 is 0. The summed E-state index contributed by atoms with van der Waals surface area (Å²) < 4.78 is 27.8. The normalized spacial score (nSPS) is 12.7. The second-order valence-corrected chi connectivity index (χ2v) is 4.01. The van der Waals surface area contributed by atoms with Gasteiger partial charge in [-0.15, -0.1) is 5.10 Å². The van der Waals surface area contributed by atoms with Gasteiger partial charge in [-0.2, -0.15) is 0 Å². The Labute approximate surface area is 103 Å². The van der Waals surface area contributed by atoms with Crippen molar-refractivity contribution < 1.29 is 8.78 Å². The Morgan fingerprint density at radius 1 is 1.33 bits per heavy atom. The first-order valence-electron chi connectivity index (χ1n) is 5.36. The molecule has 96 valence electrons. The molecule has 1 unspecified atom stereocenters. The first-order chi connectivity index (χ1) is 8.58. The molecule has 1 aromatic heterocycles. The molecule has 18 heavy (non-hydrogen) atoms. The van der Waals surface area contributed by atoms with E-state index in [0.717, 1.165) is 6.07 Å². The van der Waals surface area contributed by atoms with E-state index in [1.807, 2.05) is 0 Å². The van der Waals surface area contributed by atoms with Crippen LogP contribution < -0.4 is 11.3 Å². The van der Waals surface area contributed by atoms with Gasteiger partial charge in [0.05, 0.1) is 11.7 Å². The fraction of sp³-hybridized carbons (Fsp3) is 0.273. The molecular formula is C11H13F2N5. The van der Waals surface area contributed by atoms with Crippen LogP contribution in [0.3, 0.4) is 0 Å². The van der Waals surface area contributed by atoms with E-state index in [-0.39, 0.29) is 0 Å². The highest BCUT2D eigenvalue weighted by molar-refractivity contribution is 5.22. The molecule has 0 aliphatic carbocycles. The Morgan fingerprint density at radius 3 is 2.50 bits per heavy atom. The third-order valence-corrected chi connectivity index (χ3v) is 2.55. The van der Waals surface area contributed by atoms with E-state index in [1.165, 1.54) is 12.1 Å². The van der Waals surface area contributed by atoms with Gasteiger partial charge in [0.1, 0.15) is 11.6 Å². The number of halogens is 2. The molecule has 0 saturated carbocycles. The monoisotopic (exact) mass is 253 g/mol. The fourth-order valence-electron chi connectivity index (χ4n) is 1.75. The molecule has 1 atom stereocenters. The Hall–Kier alpha value is -1.86. The van der Waals surface area contributed by atoms with E-state index < -0.39 is 17.7 Å². The molecule has 2 rings (SSSR count). The van der Waals surface area contributed by atoms with Gasteiger partial charge in [0.15, 0.2) is 0 Å². The minimum atomic E-state index is -0.635. The van der Waals surface area contributed by atoms with Gasteiger partial charge in [-0.05, 0) is 17.7 Å². The Balaban J connectivity index is 2.22. The van der Waals surface area contributed by atoms with Crippen LogP contribution in [0.25, 0.3) is 0 Å². The molecule has 0 aliphatic rings. The first-order valence-corrected chi connectivity index (χ1v) is 5.36. The van der Waals surface area contributed by atoms with Crippen LogP contribution in [-0.4, -0.2) is 15.0 Å². The van der Waals surface area contributed by atoms with Gasteiger partial charge in [0.2, 0.25) is 0 Å². The standard InChI is InChI=1S/C11H13F2N5/c1-18-6-10(16-17-18)5-11(15-14)7-2-8(12)4-9(13)3-7/h2-4,6,11,15H,5,14H2,1H3. The summed E-state index contributed by atoms with van der Waals surface area (Å²) in [4.78, 5) is 0. The second kappa shape index (κ2) is 5.19. The highest BCUT2D eigenvalue weighted by Crippen LogP contribution is 2.19. The van der Waals surface area contributed by atoms with Crippen molar-refractivity contribution in [1.29, 1.82) is 0 Å². The lowest BCUT2D eigenvalue weighted by Crippen LogP contribution is -2.29. The number of rotatable bonds is 4. The fourth-order valence-corrected chi connectivity index (χ4v) is 1.75. The van der Waals surface area contributed by atoms with E-state index in [2.05, 4.69) is 15.7 Å². The maximum atomic E-state index is 13.1. The third kappa shape index (κ3) is 2.88. The molecular weight excluding hydrogens is 240 g/mol. The summed E-state index contributed by atoms with van der Waals surface area (Å²) in [5.74, 6) is 4.14. The Bertz CT molecular complexity index is 520. The largest absolute Gasteiger partial charge is 0.271 e. The summed E-state index contributed by atoms with van der Waals surface area (Å²) in [5.41, 5.74) is 3.64. The number of nitrogens with one attached hydrogen (secondary N) is 1. The molecule has 0 aliphatic heterocycles. The topological polar surface area (TPSA) is 68.8 Å². The molecule has 7 heteroatoms. The van der Waals surface area contributed by atoms with E-state index in [4.69, 9.17) is 5.84 Å². The highest BCUT2D eigenvalue weighted by Gasteiger charge is 2.14. The van der Waals surface area contributed by atoms with Crippen molar-refractivity contribution in [2.75, 3.05) is 0 Å². The number of aromatic nitrogens is 3. The van der Waals surface area contributed by atoms with E-state index >= 15 is 0 Å². The summed E-state index contributed by atoms with van der Waals surface area (Å²) in [5, 5.41) is 7.69. The second-order valence-electron chi connectivity index (χ2n) is 4.01. The van der Waals surface area contributed by atoms with Crippen molar-refractivity contribution in [3.8, 4) is 0 Å². The smallest absolute Gasteiger partial charge is 0.126 e. The van der Waals surface area contributed by atoms with Gasteiger partial charge in [0, 0.05) is 25.7 Å². The van der Waals surface area contributed by atoms with Crippen molar-refractivity contribution in [3.63, 3.8) is 0 Å². The number of hydrazine groups is 1. The lowest BCUT2D eigenvalue weighted by Gasteiger charge is -2.15. The summed E-state index contributed by atoms with van der Waals surface area (Å²) in [6.45, 7) is 0. The van der Waals surface area contributed by atoms with Gasteiger partial charge >= 0.3 is 0 Å². The maximum absolute atomic E-state index is 13.1. The van der Waals surface area contributed by atoms with E-state index in [1.54, 1.807) is 17.9 Å². The SMILES string of the molecule is Cn1cc(CC(NN)c2cc(F)cc(F)c2)nn1. The minimum absolute atomic E-state index is 0.396. The van der Waals surface area contributed by atoms with Crippen molar-refractivity contribution in [3.05, 3.63) is 47.3 Å². The lowest BCUT2D eigenvalue weighted by molar-refractivity contribution is 0.526. The van der Waals surface area contributed by atoms with Crippen LogP contribution >= 0.6 is 0 Å². The zero-order chi connectivity index (χ0) is 13.1. The molecule has 0 amide bonds. The van der Waals surface area contributed by atoms with E-state index in [0.29, 0.717) is 17.7 Å². The number of aryl methyl sites for hydroxylation is 1. The molecule has 1 heterocycles. The molecule has 3 N–H and O–H groups in total. The number of hydrogen-bond donors (Lipinski definition) is 2. The Kier molecular flexibility index (Phi) is 3.63. The van der Waals surface area contributed by atoms with Gasteiger partial charge < -0.3 is 0 Å². The third-order valence-electron chi connectivity index (χ3n) is 2.55. The van der Waals surface area contributed by atoms with Crippen molar-refractivity contribution in [2.24, 2.45) is 12.9 Å². The van der Waals surface area contributed by atoms with Crippen LogP contribution in [0.15, 0.2) is 24.4 Å². The van der Waals surface area contributed by atoms with Crippen LogP contribution in [0.2, 0.25) is 0 Å². The molecule has 5 nitrogen and oxygen atoms in total. The molecule has 1 aromatic carbocycles. The Morgan fingerprint density at radius 2 is 2.00 bits per heavy atom. The summed E-state index contributed by atoms with van der Waals surface area (Å²) in [6.07, 6.45) is 2.12. The van der Waals surface area contributed by atoms with Crippen molar-refractivity contribution in [1.82, 2.24) is 20.4 Å². The molecule has 0 radical (unpaired) electrons. The predicted molar refractivity (Wildman–Crippen MR) is 61.1 cm³/mol. The van der Waals surface area contributed by atoms with Gasteiger partial charge in [-0.25, -0.2) is 8.78 Å². The molecule has 0 saturated heterocycles. The van der Waals surface area contributed by atoms with Crippen LogP contribution in [0.1, 0.15) is 17.3 Å². The van der Waals surface area contributed by atoms with Crippen molar-refractivity contribution >= 4 is 0 Å². The lowest BCUT2D eigenvalue weighted by atomic mass is 10.0. The molecule has 2 aromatic rings. The van der Waals surface area contributed by atoms with Gasteiger partial charge in [-0.3, -0.25) is 16.0 Å². The summed E-state index contributed by atoms with van der Waals surface area (Å²) in [7, 11) is 1.74. The average Bonchev–Trinajstić information content (AvgIpc) is 2.70. The van der Waals surface area contributed by atoms with Gasteiger partial charge in [0.25, 0.3) is 0 Å². The van der Waals surface area contributed by atoms with Crippen LogP contribution in [0, 0.1) is 11.6 Å². The summed E-state index contributed by atoms with van der Waals surface area (Å²) in [6, 6.07) is 2.87. The predicted octanol–water partition coefficient (Wildman–Crippen LogP) is 0.840. The van der Waals surface area contributed by atoms with E-state index in [9.17, 15) is 8.78 Å². The van der Waals surface area contributed by atoms with Gasteiger partial charge in [-0.1, -0.05) is 5.21 Å². The van der Waals surface area contributed by atoms with Crippen LogP contribution in [0.5, 0.6) is 0 Å². The molecule has 0 spiro atoms. The van der Waals surface area contributed by atoms with Crippen LogP contribution in [-0.2, 0) is 13.5 Å². The number of benzene rings is 1. The van der Waals surface area contributed by atoms with Crippen molar-refractivity contribution in [2.45, 2.75) is 12.5 Å². The number of nitrogens with two attached hydrogens (primary N) is 1.